The molecule has 0 bridgehead atoms. The molecule has 2 rings (SSSR count). The minimum atomic E-state index is -2.90. The average molecular weight is 332 g/mol. The SMILES string of the molecule is N#Cc1ccc(OCCO/N=C/c2ccccc2OC(F)F)cc1. The summed E-state index contributed by atoms with van der Waals surface area (Å²) in [6, 6.07) is 14.9. The fourth-order valence-corrected chi connectivity index (χ4v) is 1.76. The Morgan fingerprint density at radius 3 is 2.54 bits per heavy atom. The Hall–Kier alpha value is -3.14. The van der Waals surface area contributed by atoms with Crippen LogP contribution < -0.4 is 9.47 Å². The van der Waals surface area contributed by atoms with Crippen LogP contribution in [0.1, 0.15) is 11.1 Å². The Kier molecular flexibility index (Phi) is 6.53. The van der Waals surface area contributed by atoms with E-state index in [1.54, 1.807) is 42.5 Å². The Morgan fingerprint density at radius 1 is 1.08 bits per heavy atom. The lowest BCUT2D eigenvalue weighted by Gasteiger charge is -2.07. The van der Waals surface area contributed by atoms with E-state index in [9.17, 15) is 8.78 Å². The van der Waals surface area contributed by atoms with Crippen LogP contribution in [0.4, 0.5) is 8.78 Å². The summed E-state index contributed by atoms with van der Waals surface area (Å²) >= 11 is 0. The summed E-state index contributed by atoms with van der Waals surface area (Å²) in [7, 11) is 0. The molecular weight excluding hydrogens is 318 g/mol. The smallest absolute Gasteiger partial charge is 0.387 e. The quantitative estimate of drug-likeness (QED) is 0.421. The van der Waals surface area contributed by atoms with Crippen molar-refractivity contribution < 1.29 is 23.1 Å². The number of alkyl halides is 2. The fourth-order valence-electron chi connectivity index (χ4n) is 1.76. The zero-order valence-electron chi connectivity index (χ0n) is 12.6. The third kappa shape index (κ3) is 5.57. The normalized spacial score (nSPS) is 10.6. The monoisotopic (exact) mass is 332 g/mol. The van der Waals surface area contributed by atoms with Crippen molar-refractivity contribution >= 4 is 6.21 Å². The second-order valence-corrected chi connectivity index (χ2v) is 4.47. The minimum Gasteiger partial charge on any atom is -0.490 e. The predicted octanol–water partition coefficient (Wildman–Crippen LogP) is 3.59. The van der Waals surface area contributed by atoms with Crippen LogP contribution >= 0.6 is 0 Å². The number of hydrogen-bond acceptors (Lipinski definition) is 5. The van der Waals surface area contributed by atoms with Crippen LogP contribution in [0.25, 0.3) is 0 Å². The second-order valence-electron chi connectivity index (χ2n) is 4.47. The van der Waals surface area contributed by atoms with E-state index in [2.05, 4.69) is 9.89 Å². The first-order chi connectivity index (χ1) is 11.7. The number of para-hydroxylation sites is 1. The molecule has 0 amide bonds. The van der Waals surface area contributed by atoms with Crippen molar-refractivity contribution in [3.63, 3.8) is 0 Å². The molecule has 0 aromatic heterocycles. The number of hydrogen-bond donors (Lipinski definition) is 0. The average Bonchev–Trinajstić information content (AvgIpc) is 2.59. The molecule has 24 heavy (non-hydrogen) atoms. The number of halogens is 2. The van der Waals surface area contributed by atoms with Gasteiger partial charge in [-0.05, 0) is 36.4 Å². The van der Waals surface area contributed by atoms with Crippen LogP contribution in [-0.2, 0) is 4.84 Å². The summed E-state index contributed by atoms with van der Waals surface area (Å²) in [5.74, 6) is 0.631. The lowest BCUT2D eigenvalue weighted by molar-refractivity contribution is -0.0499. The molecule has 0 atom stereocenters. The molecule has 0 spiro atoms. The van der Waals surface area contributed by atoms with Gasteiger partial charge in [-0.2, -0.15) is 14.0 Å². The summed E-state index contributed by atoms with van der Waals surface area (Å²) in [5.41, 5.74) is 0.929. The Bertz CT molecular complexity index is 713. The minimum absolute atomic E-state index is 0.0219. The van der Waals surface area contributed by atoms with Gasteiger partial charge in [0.25, 0.3) is 0 Å². The second kappa shape index (κ2) is 9.10. The summed E-state index contributed by atoms with van der Waals surface area (Å²) in [6.07, 6.45) is 1.29. The predicted molar refractivity (Wildman–Crippen MR) is 83.3 cm³/mol. The molecule has 0 fully saturated rings. The van der Waals surface area contributed by atoms with Crippen LogP contribution in [0, 0.1) is 11.3 Å². The standard InChI is InChI=1S/C17H14F2N2O3/c18-17(19)24-16-4-2-1-3-14(16)12-21-23-10-9-22-15-7-5-13(11-20)6-8-15/h1-8,12,17H,9-10H2/b21-12+. The molecule has 124 valence electrons. The highest BCUT2D eigenvalue weighted by molar-refractivity contribution is 5.83. The molecule has 0 aliphatic rings. The van der Waals surface area contributed by atoms with Gasteiger partial charge in [0, 0.05) is 5.56 Å². The number of benzene rings is 2. The Labute approximate surface area is 137 Å². The number of nitrogens with zero attached hydrogens (tertiary/aromatic N) is 2. The van der Waals surface area contributed by atoms with Gasteiger partial charge in [0.05, 0.1) is 17.8 Å². The highest BCUT2D eigenvalue weighted by Gasteiger charge is 2.07. The van der Waals surface area contributed by atoms with Crippen molar-refractivity contribution in [3.05, 3.63) is 59.7 Å². The van der Waals surface area contributed by atoms with Gasteiger partial charge in [-0.25, -0.2) is 0 Å². The number of rotatable bonds is 8. The topological polar surface area (TPSA) is 63.8 Å². The zero-order chi connectivity index (χ0) is 17.2. The van der Waals surface area contributed by atoms with Crippen molar-refractivity contribution in [3.8, 4) is 17.6 Å². The molecule has 0 N–H and O–H groups in total. The maximum Gasteiger partial charge on any atom is 0.387 e. The molecule has 2 aromatic rings. The highest BCUT2D eigenvalue weighted by atomic mass is 19.3. The largest absolute Gasteiger partial charge is 0.490 e. The van der Waals surface area contributed by atoms with Crippen LogP contribution in [0.3, 0.4) is 0 Å². The van der Waals surface area contributed by atoms with E-state index in [-0.39, 0.29) is 19.0 Å². The first-order valence-electron chi connectivity index (χ1n) is 7.01. The Balaban J connectivity index is 1.76. The van der Waals surface area contributed by atoms with Gasteiger partial charge in [-0.15, -0.1) is 0 Å². The van der Waals surface area contributed by atoms with E-state index in [0.29, 0.717) is 16.9 Å². The third-order valence-electron chi connectivity index (χ3n) is 2.83. The number of oxime groups is 1. The van der Waals surface area contributed by atoms with Crippen molar-refractivity contribution in [1.29, 1.82) is 5.26 Å². The summed E-state index contributed by atoms with van der Waals surface area (Å²) in [4.78, 5) is 5.01. The molecule has 5 nitrogen and oxygen atoms in total. The van der Waals surface area contributed by atoms with Crippen LogP contribution in [0.15, 0.2) is 53.7 Å². The van der Waals surface area contributed by atoms with Gasteiger partial charge < -0.3 is 14.3 Å². The van der Waals surface area contributed by atoms with Crippen LogP contribution in [0.2, 0.25) is 0 Å². The molecule has 0 unspecified atom stereocenters. The maximum absolute atomic E-state index is 12.3. The molecule has 7 heteroatoms. The maximum atomic E-state index is 12.3. The van der Waals surface area contributed by atoms with Gasteiger partial charge in [-0.3, -0.25) is 0 Å². The first-order valence-corrected chi connectivity index (χ1v) is 7.01. The summed E-state index contributed by atoms with van der Waals surface area (Å²) in [5, 5.41) is 12.4. The van der Waals surface area contributed by atoms with E-state index in [1.165, 1.54) is 12.3 Å². The highest BCUT2D eigenvalue weighted by Crippen LogP contribution is 2.18. The van der Waals surface area contributed by atoms with Crippen molar-refractivity contribution in [2.24, 2.45) is 5.16 Å². The van der Waals surface area contributed by atoms with E-state index >= 15 is 0 Å². The third-order valence-corrected chi connectivity index (χ3v) is 2.83. The molecule has 2 aromatic carbocycles. The fraction of sp³-hybridized carbons (Fsp3) is 0.176. The van der Waals surface area contributed by atoms with Crippen LogP contribution in [-0.4, -0.2) is 26.0 Å². The van der Waals surface area contributed by atoms with Gasteiger partial charge in [-0.1, -0.05) is 17.3 Å². The lowest BCUT2D eigenvalue weighted by atomic mass is 10.2. The van der Waals surface area contributed by atoms with Crippen LogP contribution in [0.5, 0.6) is 11.5 Å². The summed E-state index contributed by atoms with van der Waals surface area (Å²) in [6.45, 7) is -2.48. The van der Waals surface area contributed by atoms with Crippen molar-refractivity contribution in [2.45, 2.75) is 6.61 Å². The Morgan fingerprint density at radius 2 is 1.83 bits per heavy atom. The number of ether oxygens (including phenoxy) is 2. The van der Waals surface area contributed by atoms with Crippen molar-refractivity contribution in [1.82, 2.24) is 0 Å². The van der Waals surface area contributed by atoms with Gasteiger partial charge in [0.15, 0.2) is 6.61 Å². The molecule has 0 heterocycles. The summed E-state index contributed by atoms with van der Waals surface area (Å²) < 4.78 is 34.3. The van der Waals surface area contributed by atoms with Gasteiger partial charge in [0.1, 0.15) is 18.1 Å². The van der Waals surface area contributed by atoms with Gasteiger partial charge in [0.2, 0.25) is 0 Å². The first kappa shape index (κ1) is 17.2. The molecule has 0 aliphatic heterocycles. The number of nitriles is 1. The van der Waals surface area contributed by atoms with E-state index in [1.807, 2.05) is 6.07 Å². The van der Waals surface area contributed by atoms with Crippen molar-refractivity contribution in [2.75, 3.05) is 13.2 Å². The molecule has 0 radical (unpaired) electrons. The zero-order valence-corrected chi connectivity index (χ0v) is 12.6. The lowest BCUT2D eigenvalue weighted by Crippen LogP contribution is -2.05. The molecule has 0 saturated heterocycles. The molecular formula is C17H14F2N2O3. The van der Waals surface area contributed by atoms with E-state index < -0.39 is 6.61 Å². The molecule has 0 saturated carbocycles. The molecule has 0 aliphatic carbocycles. The van der Waals surface area contributed by atoms with E-state index in [4.69, 9.17) is 14.8 Å². The van der Waals surface area contributed by atoms with Gasteiger partial charge >= 0.3 is 6.61 Å². The van der Waals surface area contributed by atoms with E-state index in [0.717, 1.165) is 0 Å².